The van der Waals surface area contributed by atoms with Crippen molar-refractivity contribution in [2.45, 2.75) is 57.0 Å². The second-order valence-electron chi connectivity index (χ2n) is 13.1. The molecule has 2 N–H and O–H groups in total. The molecule has 252 valence electrons. The number of rotatable bonds is 8. The third-order valence-electron chi connectivity index (χ3n) is 9.48. The fourth-order valence-electron chi connectivity index (χ4n) is 7.41. The van der Waals surface area contributed by atoms with E-state index in [0.29, 0.717) is 31.4 Å². The van der Waals surface area contributed by atoms with Crippen LogP contribution in [0.15, 0.2) is 24.3 Å². The Morgan fingerprint density at radius 2 is 1.98 bits per heavy atom. The van der Waals surface area contributed by atoms with Crippen molar-refractivity contribution in [1.29, 1.82) is 0 Å². The second kappa shape index (κ2) is 12.6. The smallest absolute Gasteiger partial charge is 0.319 e. The van der Waals surface area contributed by atoms with Gasteiger partial charge in [-0.1, -0.05) is 12.0 Å². The van der Waals surface area contributed by atoms with E-state index in [1.54, 1.807) is 13.8 Å². The van der Waals surface area contributed by atoms with Crippen LogP contribution in [0.4, 0.5) is 23.4 Å². The average molecular weight is 665 g/mol. The molecule has 0 amide bonds. The predicted molar refractivity (Wildman–Crippen MR) is 174 cm³/mol. The van der Waals surface area contributed by atoms with Gasteiger partial charge in [0.25, 0.3) is 0 Å². The molecule has 3 fully saturated rings. The standard InChI is InChI=1S/C35H36F4N6O3/c1-4-24-26(38)7-6-20-12-23(46)13-25(27(20)24)30-29(39)31-28(33(41-30)48-19(2)3)32(44-11-9-40-22(15-36)17-44)43-34(42-31)47-18-35-8-5-10-45(35)16-21(37)14-35/h1,6-7,12-13,19,21-22,40,46H,5,8-11,14-18H2,2-3H3/t21-,22?,35+/m1/s1. The van der Waals surface area contributed by atoms with Gasteiger partial charge >= 0.3 is 6.01 Å². The lowest BCUT2D eigenvalue weighted by atomic mass is 9.95. The van der Waals surface area contributed by atoms with Crippen LogP contribution in [0.2, 0.25) is 0 Å². The maximum atomic E-state index is 17.1. The first-order valence-electron chi connectivity index (χ1n) is 16.2. The van der Waals surface area contributed by atoms with Gasteiger partial charge < -0.3 is 24.8 Å². The predicted octanol–water partition coefficient (Wildman–Crippen LogP) is 5.30. The normalized spacial score (nSPS) is 22.8. The average Bonchev–Trinajstić information content (AvgIpc) is 3.60. The Kier molecular flexibility index (Phi) is 8.41. The Hall–Kier alpha value is -4.41. The Morgan fingerprint density at radius 1 is 1.15 bits per heavy atom. The van der Waals surface area contributed by atoms with Gasteiger partial charge in [0.15, 0.2) is 5.82 Å². The summed E-state index contributed by atoms with van der Waals surface area (Å²) in [6.45, 7) is 5.19. The molecule has 0 saturated carbocycles. The molecule has 48 heavy (non-hydrogen) atoms. The van der Waals surface area contributed by atoms with Crippen LogP contribution in [0.3, 0.4) is 0 Å². The highest BCUT2D eigenvalue weighted by Crippen LogP contribution is 2.44. The molecule has 2 aromatic heterocycles. The van der Waals surface area contributed by atoms with E-state index in [1.807, 2.05) is 4.90 Å². The first kappa shape index (κ1) is 32.2. The number of pyridine rings is 1. The molecule has 7 rings (SSSR count). The number of alkyl halides is 2. The number of phenols is 1. The molecule has 0 radical (unpaired) electrons. The van der Waals surface area contributed by atoms with Gasteiger partial charge in [-0.15, -0.1) is 6.42 Å². The molecular formula is C35H36F4N6O3. The molecule has 2 aromatic carbocycles. The van der Waals surface area contributed by atoms with E-state index in [0.717, 1.165) is 19.4 Å². The van der Waals surface area contributed by atoms with E-state index in [-0.39, 0.29) is 69.7 Å². The molecule has 0 aliphatic carbocycles. The number of terminal acetylenes is 1. The van der Waals surface area contributed by atoms with Gasteiger partial charge in [0.05, 0.1) is 23.2 Å². The van der Waals surface area contributed by atoms with Crippen molar-refractivity contribution in [1.82, 2.24) is 25.2 Å². The number of nitrogens with zero attached hydrogens (tertiary/aromatic N) is 5. The summed E-state index contributed by atoms with van der Waals surface area (Å²) in [5.41, 5.74) is -1.08. The van der Waals surface area contributed by atoms with Crippen LogP contribution in [0.1, 0.15) is 38.7 Å². The van der Waals surface area contributed by atoms with E-state index in [9.17, 15) is 18.3 Å². The van der Waals surface area contributed by atoms with Crippen molar-refractivity contribution in [3.05, 3.63) is 41.5 Å². The number of aromatic hydroxyl groups is 1. The summed E-state index contributed by atoms with van der Waals surface area (Å²) >= 11 is 0. The van der Waals surface area contributed by atoms with Gasteiger partial charge in [0, 0.05) is 43.5 Å². The number of benzene rings is 2. The first-order valence-corrected chi connectivity index (χ1v) is 16.2. The zero-order valence-electron chi connectivity index (χ0n) is 26.7. The highest BCUT2D eigenvalue weighted by molar-refractivity contribution is 6.04. The monoisotopic (exact) mass is 664 g/mol. The topological polar surface area (TPSA) is 95.9 Å². The highest BCUT2D eigenvalue weighted by atomic mass is 19.1. The maximum Gasteiger partial charge on any atom is 0.319 e. The third kappa shape index (κ3) is 5.60. The van der Waals surface area contributed by atoms with E-state index < -0.39 is 42.2 Å². The van der Waals surface area contributed by atoms with Crippen molar-refractivity contribution in [2.75, 3.05) is 50.9 Å². The third-order valence-corrected chi connectivity index (χ3v) is 9.48. The van der Waals surface area contributed by atoms with E-state index in [2.05, 4.69) is 26.1 Å². The fraction of sp³-hybridized carbons (Fsp3) is 0.457. The lowest BCUT2D eigenvalue weighted by Crippen LogP contribution is -2.52. The maximum absolute atomic E-state index is 17.1. The number of nitrogens with one attached hydrogen (secondary N) is 1. The summed E-state index contributed by atoms with van der Waals surface area (Å²) in [5, 5.41) is 14.5. The summed E-state index contributed by atoms with van der Waals surface area (Å²) in [4.78, 5) is 17.8. The minimum atomic E-state index is -0.975. The molecule has 4 aromatic rings. The van der Waals surface area contributed by atoms with Crippen LogP contribution in [0, 0.1) is 24.0 Å². The lowest BCUT2D eigenvalue weighted by Gasteiger charge is -2.34. The van der Waals surface area contributed by atoms with E-state index >= 15 is 4.39 Å². The molecule has 3 aliphatic heterocycles. The summed E-state index contributed by atoms with van der Waals surface area (Å²) in [6.07, 6.45) is 6.28. The molecule has 1 unspecified atom stereocenters. The Morgan fingerprint density at radius 3 is 2.75 bits per heavy atom. The number of ether oxygens (including phenoxy) is 2. The van der Waals surface area contributed by atoms with Crippen molar-refractivity contribution in [3.63, 3.8) is 0 Å². The lowest BCUT2D eigenvalue weighted by molar-refractivity contribution is 0.107. The number of aromatic nitrogens is 3. The molecule has 3 atom stereocenters. The van der Waals surface area contributed by atoms with E-state index in [1.165, 1.54) is 24.3 Å². The summed E-state index contributed by atoms with van der Waals surface area (Å²) in [7, 11) is 0. The Labute approximate surface area is 275 Å². The summed E-state index contributed by atoms with van der Waals surface area (Å²) < 4.78 is 72.9. The minimum absolute atomic E-state index is 0.0138. The van der Waals surface area contributed by atoms with E-state index in [4.69, 9.17) is 20.9 Å². The Balaban J connectivity index is 1.46. The van der Waals surface area contributed by atoms with Crippen molar-refractivity contribution >= 4 is 27.5 Å². The van der Waals surface area contributed by atoms with Crippen LogP contribution in [0.5, 0.6) is 17.6 Å². The number of fused-ring (bicyclic) bond motifs is 3. The molecule has 3 saturated heterocycles. The highest BCUT2D eigenvalue weighted by Gasteiger charge is 2.49. The van der Waals surface area contributed by atoms with Crippen LogP contribution >= 0.6 is 0 Å². The van der Waals surface area contributed by atoms with Crippen LogP contribution in [-0.4, -0.2) is 94.8 Å². The molecule has 5 heterocycles. The van der Waals surface area contributed by atoms with Crippen molar-refractivity contribution in [2.24, 2.45) is 0 Å². The van der Waals surface area contributed by atoms with Crippen molar-refractivity contribution in [3.8, 4) is 41.2 Å². The first-order chi connectivity index (χ1) is 23.1. The Bertz CT molecular complexity index is 1940. The molecule has 9 nitrogen and oxygen atoms in total. The SMILES string of the molecule is C#Cc1c(F)ccc2cc(O)cc(-c3nc(OC(C)C)c4c(N5CCNC(CF)C5)nc(OC[C@@]56CCCN5C[C@H](F)C6)nc4c3F)c12. The van der Waals surface area contributed by atoms with Crippen LogP contribution < -0.4 is 19.7 Å². The number of halogens is 4. The number of anilines is 1. The zero-order chi connectivity index (χ0) is 33.7. The minimum Gasteiger partial charge on any atom is -0.508 e. The largest absolute Gasteiger partial charge is 0.508 e. The summed E-state index contributed by atoms with van der Waals surface area (Å²) in [5.74, 6) is 0.766. The number of phenolic OH excluding ortho intramolecular Hbond substituents is 1. The molecular weight excluding hydrogens is 628 g/mol. The van der Waals surface area contributed by atoms with Gasteiger partial charge in [0.1, 0.15) is 53.4 Å². The van der Waals surface area contributed by atoms with Gasteiger partial charge in [-0.2, -0.15) is 9.97 Å². The molecule has 13 heteroatoms. The van der Waals surface area contributed by atoms with Gasteiger partial charge in [0.2, 0.25) is 5.88 Å². The fourth-order valence-corrected chi connectivity index (χ4v) is 7.41. The number of hydrogen-bond acceptors (Lipinski definition) is 9. The zero-order valence-corrected chi connectivity index (χ0v) is 26.7. The van der Waals surface area contributed by atoms with Crippen LogP contribution in [-0.2, 0) is 0 Å². The number of hydrogen-bond donors (Lipinski definition) is 2. The van der Waals surface area contributed by atoms with Crippen LogP contribution in [0.25, 0.3) is 32.9 Å². The van der Waals surface area contributed by atoms with Crippen molar-refractivity contribution < 1.29 is 32.1 Å². The molecule has 3 aliphatic rings. The second-order valence-corrected chi connectivity index (χ2v) is 13.1. The van der Waals surface area contributed by atoms with Gasteiger partial charge in [-0.05, 0) is 56.8 Å². The molecule has 0 bridgehead atoms. The molecule has 0 spiro atoms. The van der Waals surface area contributed by atoms with Gasteiger partial charge in [-0.3, -0.25) is 4.90 Å². The number of piperazine rings is 1. The summed E-state index contributed by atoms with van der Waals surface area (Å²) in [6, 6.07) is 4.65. The van der Waals surface area contributed by atoms with Gasteiger partial charge in [-0.25, -0.2) is 22.5 Å². The quantitative estimate of drug-likeness (QED) is 0.192.